The third-order valence-electron chi connectivity index (χ3n) is 2.57. The average Bonchev–Trinajstić information content (AvgIpc) is 2.89. The van der Waals surface area contributed by atoms with E-state index in [-0.39, 0.29) is 25.2 Å². The van der Waals surface area contributed by atoms with E-state index in [0.29, 0.717) is 24.7 Å². The number of aromatic nitrogens is 1. The SMILES string of the molecule is O=C(NCCO)c1ccnc(OC2CCOC2)c1. The maximum absolute atomic E-state index is 11.7. The highest BCUT2D eigenvalue weighted by Gasteiger charge is 2.18. The largest absolute Gasteiger partial charge is 0.472 e. The van der Waals surface area contributed by atoms with Gasteiger partial charge in [-0.2, -0.15) is 0 Å². The highest BCUT2D eigenvalue weighted by atomic mass is 16.5. The van der Waals surface area contributed by atoms with E-state index >= 15 is 0 Å². The summed E-state index contributed by atoms with van der Waals surface area (Å²) in [6.45, 7) is 1.40. The van der Waals surface area contributed by atoms with Crippen LogP contribution in [0.1, 0.15) is 16.8 Å². The van der Waals surface area contributed by atoms with E-state index in [1.165, 1.54) is 6.20 Å². The zero-order valence-corrected chi connectivity index (χ0v) is 9.96. The predicted octanol–water partition coefficient (Wildman–Crippen LogP) is -0.0286. The van der Waals surface area contributed by atoms with Crippen molar-refractivity contribution in [1.29, 1.82) is 0 Å². The number of aliphatic hydroxyl groups is 1. The molecule has 6 heteroatoms. The smallest absolute Gasteiger partial charge is 0.251 e. The Bertz CT molecular complexity index is 405. The molecule has 2 rings (SSSR count). The van der Waals surface area contributed by atoms with Crippen LogP contribution in [-0.2, 0) is 4.74 Å². The van der Waals surface area contributed by atoms with E-state index < -0.39 is 0 Å². The Hall–Kier alpha value is -1.66. The van der Waals surface area contributed by atoms with Crippen molar-refractivity contribution in [2.24, 2.45) is 0 Å². The van der Waals surface area contributed by atoms with Crippen molar-refractivity contribution < 1.29 is 19.4 Å². The maximum atomic E-state index is 11.7. The molecule has 1 saturated heterocycles. The molecule has 1 unspecified atom stereocenters. The summed E-state index contributed by atoms with van der Waals surface area (Å²) >= 11 is 0. The third-order valence-corrected chi connectivity index (χ3v) is 2.57. The summed E-state index contributed by atoms with van der Waals surface area (Å²) in [6, 6.07) is 3.19. The van der Waals surface area contributed by atoms with E-state index in [1.54, 1.807) is 12.1 Å². The highest BCUT2D eigenvalue weighted by molar-refractivity contribution is 5.94. The molecule has 1 aromatic rings. The average molecular weight is 252 g/mol. The molecule has 1 aliphatic rings. The molecule has 98 valence electrons. The number of nitrogens with zero attached hydrogens (tertiary/aromatic N) is 1. The van der Waals surface area contributed by atoms with E-state index in [4.69, 9.17) is 14.6 Å². The molecule has 0 aliphatic carbocycles. The lowest BCUT2D eigenvalue weighted by molar-refractivity contribution is 0.0943. The summed E-state index contributed by atoms with van der Waals surface area (Å²) in [7, 11) is 0. The van der Waals surface area contributed by atoms with Crippen LogP contribution in [0.15, 0.2) is 18.3 Å². The quantitative estimate of drug-likeness (QED) is 0.769. The molecule has 2 heterocycles. The summed E-state index contributed by atoms with van der Waals surface area (Å²) in [5.41, 5.74) is 0.465. The molecule has 1 fully saturated rings. The number of ether oxygens (including phenoxy) is 2. The van der Waals surface area contributed by atoms with Gasteiger partial charge in [0.15, 0.2) is 0 Å². The van der Waals surface area contributed by atoms with Gasteiger partial charge in [-0.3, -0.25) is 4.79 Å². The van der Waals surface area contributed by atoms with Crippen LogP contribution in [0.2, 0.25) is 0 Å². The number of pyridine rings is 1. The summed E-state index contributed by atoms with van der Waals surface area (Å²) < 4.78 is 10.8. The summed E-state index contributed by atoms with van der Waals surface area (Å²) in [5.74, 6) is 0.168. The zero-order valence-electron chi connectivity index (χ0n) is 9.96. The Morgan fingerprint density at radius 1 is 1.67 bits per heavy atom. The van der Waals surface area contributed by atoms with Crippen molar-refractivity contribution in [3.63, 3.8) is 0 Å². The van der Waals surface area contributed by atoms with E-state index in [9.17, 15) is 4.79 Å². The monoisotopic (exact) mass is 252 g/mol. The van der Waals surface area contributed by atoms with Crippen LogP contribution in [0.25, 0.3) is 0 Å². The highest BCUT2D eigenvalue weighted by Crippen LogP contribution is 2.15. The number of hydrogen-bond acceptors (Lipinski definition) is 5. The molecule has 1 amide bonds. The van der Waals surface area contributed by atoms with E-state index in [1.807, 2.05) is 0 Å². The van der Waals surface area contributed by atoms with Gasteiger partial charge in [-0.25, -0.2) is 4.98 Å². The molecule has 2 N–H and O–H groups in total. The Kier molecular flexibility index (Phi) is 4.49. The second-order valence-electron chi connectivity index (χ2n) is 3.97. The van der Waals surface area contributed by atoms with E-state index in [0.717, 1.165) is 6.42 Å². The van der Waals surface area contributed by atoms with Crippen LogP contribution in [0.5, 0.6) is 5.88 Å². The summed E-state index contributed by atoms with van der Waals surface area (Å²) in [6.07, 6.45) is 2.37. The van der Waals surface area contributed by atoms with E-state index in [2.05, 4.69) is 10.3 Å². The van der Waals surface area contributed by atoms with Gasteiger partial charge >= 0.3 is 0 Å². The lowest BCUT2D eigenvalue weighted by Gasteiger charge is -2.11. The fourth-order valence-corrected chi connectivity index (χ4v) is 1.66. The molecule has 1 aromatic heterocycles. The number of carbonyl (C=O) groups is 1. The molecule has 6 nitrogen and oxygen atoms in total. The standard InChI is InChI=1S/C12H16N2O4/c15-5-4-14-12(16)9-1-3-13-11(7-9)18-10-2-6-17-8-10/h1,3,7,10,15H,2,4-6,8H2,(H,14,16). The first kappa shape index (κ1) is 12.8. The molecule has 18 heavy (non-hydrogen) atoms. The van der Waals surface area contributed by atoms with Gasteiger partial charge in [0, 0.05) is 30.8 Å². The first-order valence-electron chi connectivity index (χ1n) is 5.89. The van der Waals surface area contributed by atoms with Crippen LogP contribution >= 0.6 is 0 Å². The van der Waals surface area contributed by atoms with Crippen LogP contribution in [0.3, 0.4) is 0 Å². The number of hydrogen-bond donors (Lipinski definition) is 2. The number of carbonyl (C=O) groups excluding carboxylic acids is 1. The van der Waals surface area contributed by atoms with Crippen molar-refractivity contribution >= 4 is 5.91 Å². The van der Waals surface area contributed by atoms with Gasteiger partial charge in [-0.1, -0.05) is 0 Å². The topological polar surface area (TPSA) is 80.7 Å². The minimum atomic E-state index is -0.251. The molecule has 1 atom stereocenters. The lowest BCUT2D eigenvalue weighted by Crippen LogP contribution is -2.26. The minimum Gasteiger partial charge on any atom is -0.472 e. The van der Waals surface area contributed by atoms with Gasteiger partial charge in [0.05, 0.1) is 19.8 Å². The Morgan fingerprint density at radius 2 is 2.56 bits per heavy atom. The molecule has 1 aliphatic heterocycles. The normalized spacial score (nSPS) is 18.6. The Morgan fingerprint density at radius 3 is 3.28 bits per heavy atom. The van der Waals surface area contributed by atoms with Crippen LogP contribution in [-0.4, -0.2) is 48.5 Å². The second kappa shape index (κ2) is 6.32. The fourth-order valence-electron chi connectivity index (χ4n) is 1.66. The van der Waals surface area contributed by atoms with Crippen LogP contribution in [0.4, 0.5) is 0 Å². The molecular formula is C12H16N2O4. The molecular weight excluding hydrogens is 236 g/mol. The van der Waals surface area contributed by atoms with Crippen molar-refractivity contribution in [3.8, 4) is 5.88 Å². The summed E-state index contributed by atoms with van der Waals surface area (Å²) in [4.78, 5) is 15.7. The predicted molar refractivity (Wildman–Crippen MR) is 63.5 cm³/mol. The third kappa shape index (κ3) is 3.41. The number of amides is 1. The van der Waals surface area contributed by atoms with Gasteiger partial charge in [0.25, 0.3) is 5.91 Å². The van der Waals surface area contributed by atoms with Crippen molar-refractivity contribution in [1.82, 2.24) is 10.3 Å². The molecule has 0 aromatic carbocycles. The minimum absolute atomic E-state index is 0.00764. The molecule has 0 bridgehead atoms. The van der Waals surface area contributed by atoms with Gasteiger partial charge in [0.1, 0.15) is 6.10 Å². The van der Waals surface area contributed by atoms with Gasteiger partial charge in [0.2, 0.25) is 5.88 Å². The fraction of sp³-hybridized carbons (Fsp3) is 0.500. The number of nitrogens with one attached hydrogen (secondary N) is 1. The van der Waals surface area contributed by atoms with Gasteiger partial charge in [-0.05, 0) is 6.07 Å². The number of aliphatic hydroxyl groups excluding tert-OH is 1. The number of rotatable bonds is 5. The Labute approximate surface area is 105 Å². The van der Waals surface area contributed by atoms with Crippen LogP contribution < -0.4 is 10.1 Å². The first-order valence-corrected chi connectivity index (χ1v) is 5.89. The van der Waals surface area contributed by atoms with Gasteiger partial charge in [-0.15, -0.1) is 0 Å². The second-order valence-corrected chi connectivity index (χ2v) is 3.97. The summed E-state index contributed by atoms with van der Waals surface area (Å²) in [5, 5.41) is 11.2. The molecule has 0 spiro atoms. The Balaban J connectivity index is 1.97. The van der Waals surface area contributed by atoms with Gasteiger partial charge < -0.3 is 19.9 Å². The lowest BCUT2D eigenvalue weighted by atomic mass is 10.2. The molecule has 0 radical (unpaired) electrons. The van der Waals surface area contributed by atoms with Crippen molar-refractivity contribution in [2.45, 2.75) is 12.5 Å². The first-order chi connectivity index (χ1) is 8.79. The van der Waals surface area contributed by atoms with Crippen LogP contribution in [0, 0.1) is 0 Å². The van der Waals surface area contributed by atoms with Crippen molar-refractivity contribution in [2.75, 3.05) is 26.4 Å². The maximum Gasteiger partial charge on any atom is 0.251 e. The zero-order chi connectivity index (χ0) is 12.8. The molecule has 0 saturated carbocycles. The van der Waals surface area contributed by atoms with Crippen molar-refractivity contribution in [3.05, 3.63) is 23.9 Å².